The minimum Gasteiger partial charge on any atom is -0.490 e. The molecule has 0 spiro atoms. The second-order valence-electron chi connectivity index (χ2n) is 3.86. The molecule has 0 fully saturated rings. The Morgan fingerprint density at radius 1 is 1.20 bits per heavy atom. The topological polar surface area (TPSA) is 73.6 Å². The van der Waals surface area contributed by atoms with E-state index in [-0.39, 0.29) is 11.7 Å². The van der Waals surface area contributed by atoms with E-state index in [1.54, 1.807) is 18.2 Å². The summed E-state index contributed by atoms with van der Waals surface area (Å²) >= 11 is 0. The van der Waals surface area contributed by atoms with Crippen molar-refractivity contribution in [2.45, 2.75) is 13.8 Å². The Bertz CT molecular complexity index is 567. The molecule has 20 heavy (non-hydrogen) atoms. The van der Waals surface area contributed by atoms with E-state index in [1.165, 1.54) is 12.3 Å². The summed E-state index contributed by atoms with van der Waals surface area (Å²) < 4.78 is 15.7. The van der Waals surface area contributed by atoms with Gasteiger partial charge in [-0.2, -0.15) is 0 Å². The molecule has 1 N–H and O–H groups in total. The largest absolute Gasteiger partial charge is 0.490 e. The first-order chi connectivity index (χ1) is 9.74. The number of nitrogens with one attached hydrogen (secondary N) is 1. The van der Waals surface area contributed by atoms with Gasteiger partial charge >= 0.3 is 0 Å². The van der Waals surface area contributed by atoms with E-state index in [1.807, 2.05) is 13.8 Å². The Morgan fingerprint density at radius 2 is 1.95 bits per heavy atom. The summed E-state index contributed by atoms with van der Waals surface area (Å²) in [5.74, 6) is 1.02. The second kappa shape index (κ2) is 6.60. The van der Waals surface area contributed by atoms with Gasteiger partial charge in [0.25, 0.3) is 5.91 Å². The van der Waals surface area contributed by atoms with Crippen molar-refractivity contribution in [2.75, 3.05) is 18.5 Å². The fourth-order valence-electron chi connectivity index (χ4n) is 1.65. The number of aromatic nitrogens is 1. The Balaban J connectivity index is 2.16. The molecule has 0 atom stereocenters. The molecule has 106 valence electrons. The van der Waals surface area contributed by atoms with Crippen LogP contribution < -0.4 is 14.8 Å². The quantitative estimate of drug-likeness (QED) is 0.878. The van der Waals surface area contributed by atoms with E-state index in [4.69, 9.17) is 14.0 Å². The standard InChI is InChI=1S/C14H16N2O4/c1-3-18-11-6-5-10(9-13(11)19-4-2)16-14(17)12-7-8-15-20-12/h5-9H,3-4H2,1-2H3,(H,16,17). The molecule has 0 aliphatic heterocycles. The van der Waals surface area contributed by atoms with Crippen molar-refractivity contribution in [3.8, 4) is 11.5 Å². The number of rotatable bonds is 6. The Labute approximate surface area is 116 Å². The van der Waals surface area contributed by atoms with Gasteiger partial charge in [-0.05, 0) is 26.0 Å². The van der Waals surface area contributed by atoms with Crippen LogP contribution in [0.3, 0.4) is 0 Å². The SMILES string of the molecule is CCOc1ccc(NC(=O)c2ccno2)cc1OCC. The van der Waals surface area contributed by atoms with Crippen molar-refractivity contribution in [2.24, 2.45) is 0 Å². The van der Waals surface area contributed by atoms with Crippen molar-refractivity contribution in [1.29, 1.82) is 0 Å². The summed E-state index contributed by atoms with van der Waals surface area (Å²) in [6.07, 6.45) is 1.42. The van der Waals surface area contributed by atoms with Crippen molar-refractivity contribution in [3.63, 3.8) is 0 Å². The van der Waals surface area contributed by atoms with Crippen molar-refractivity contribution in [1.82, 2.24) is 5.16 Å². The summed E-state index contributed by atoms with van der Waals surface area (Å²) in [5.41, 5.74) is 0.596. The van der Waals surface area contributed by atoms with Crippen LogP contribution in [0.25, 0.3) is 0 Å². The Hall–Kier alpha value is -2.50. The first-order valence-electron chi connectivity index (χ1n) is 6.36. The van der Waals surface area contributed by atoms with Gasteiger partial charge in [0.05, 0.1) is 19.4 Å². The van der Waals surface area contributed by atoms with E-state index in [9.17, 15) is 4.79 Å². The van der Waals surface area contributed by atoms with Crippen LogP contribution >= 0.6 is 0 Å². The molecule has 1 heterocycles. The number of carbonyl (C=O) groups excluding carboxylic acids is 1. The minimum absolute atomic E-state index is 0.150. The third-order valence-corrected chi connectivity index (χ3v) is 2.46. The number of nitrogens with zero attached hydrogens (tertiary/aromatic N) is 1. The highest BCUT2D eigenvalue weighted by Gasteiger charge is 2.12. The molecule has 6 heteroatoms. The van der Waals surface area contributed by atoms with Crippen molar-refractivity contribution in [3.05, 3.63) is 36.2 Å². The lowest BCUT2D eigenvalue weighted by molar-refractivity contribution is 0.0988. The highest BCUT2D eigenvalue weighted by atomic mass is 16.5. The number of anilines is 1. The van der Waals surface area contributed by atoms with Crippen LogP contribution in [0.2, 0.25) is 0 Å². The van der Waals surface area contributed by atoms with Crippen LogP contribution in [-0.2, 0) is 0 Å². The van der Waals surface area contributed by atoms with E-state index < -0.39 is 0 Å². The van der Waals surface area contributed by atoms with E-state index in [0.29, 0.717) is 30.4 Å². The average Bonchev–Trinajstić information content (AvgIpc) is 2.96. The molecule has 2 rings (SSSR count). The number of carbonyl (C=O) groups is 1. The molecular weight excluding hydrogens is 260 g/mol. The predicted octanol–water partition coefficient (Wildman–Crippen LogP) is 2.72. The van der Waals surface area contributed by atoms with Gasteiger partial charge in [-0.15, -0.1) is 0 Å². The normalized spacial score (nSPS) is 10.1. The lowest BCUT2D eigenvalue weighted by Gasteiger charge is -2.12. The van der Waals surface area contributed by atoms with Crippen LogP contribution in [0.15, 0.2) is 35.0 Å². The highest BCUT2D eigenvalue weighted by molar-refractivity contribution is 6.02. The molecule has 0 aliphatic carbocycles. The van der Waals surface area contributed by atoms with Gasteiger partial charge in [0.15, 0.2) is 11.5 Å². The predicted molar refractivity (Wildman–Crippen MR) is 73.2 cm³/mol. The molecule has 0 aliphatic rings. The first-order valence-corrected chi connectivity index (χ1v) is 6.36. The van der Waals surface area contributed by atoms with Gasteiger partial charge in [-0.3, -0.25) is 4.79 Å². The number of benzene rings is 1. The zero-order chi connectivity index (χ0) is 14.4. The number of ether oxygens (including phenoxy) is 2. The molecule has 0 bridgehead atoms. The molecule has 6 nitrogen and oxygen atoms in total. The molecule has 1 aromatic carbocycles. The van der Waals surface area contributed by atoms with Gasteiger partial charge in [0.1, 0.15) is 0 Å². The molecule has 0 saturated carbocycles. The maximum Gasteiger partial charge on any atom is 0.294 e. The molecular formula is C14H16N2O4. The minimum atomic E-state index is -0.367. The summed E-state index contributed by atoms with van der Waals surface area (Å²) in [4.78, 5) is 11.8. The van der Waals surface area contributed by atoms with E-state index >= 15 is 0 Å². The summed E-state index contributed by atoms with van der Waals surface area (Å²) in [5, 5.41) is 6.19. The number of hydrogen-bond acceptors (Lipinski definition) is 5. The fourth-order valence-corrected chi connectivity index (χ4v) is 1.65. The zero-order valence-corrected chi connectivity index (χ0v) is 11.4. The third-order valence-electron chi connectivity index (χ3n) is 2.46. The monoisotopic (exact) mass is 276 g/mol. The lowest BCUT2D eigenvalue weighted by atomic mass is 10.2. The van der Waals surface area contributed by atoms with Crippen LogP contribution in [0, 0.1) is 0 Å². The van der Waals surface area contributed by atoms with Crippen molar-refractivity contribution < 1.29 is 18.8 Å². The highest BCUT2D eigenvalue weighted by Crippen LogP contribution is 2.30. The molecule has 1 amide bonds. The Kier molecular flexibility index (Phi) is 4.60. The van der Waals surface area contributed by atoms with Gasteiger partial charge in [-0.25, -0.2) is 0 Å². The van der Waals surface area contributed by atoms with Gasteiger partial charge in [-0.1, -0.05) is 5.16 Å². The first kappa shape index (κ1) is 13.9. The second-order valence-corrected chi connectivity index (χ2v) is 3.86. The molecule has 0 radical (unpaired) electrons. The van der Waals surface area contributed by atoms with Gasteiger partial charge < -0.3 is 19.3 Å². The van der Waals surface area contributed by atoms with E-state index in [0.717, 1.165) is 0 Å². The molecule has 0 unspecified atom stereocenters. The number of amides is 1. The summed E-state index contributed by atoms with van der Waals surface area (Å²) in [6.45, 7) is 4.84. The molecule has 1 aromatic heterocycles. The fraction of sp³-hybridized carbons (Fsp3) is 0.286. The van der Waals surface area contributed by atoms with Crippen molar-refractivity contribution >= 4 is 11.6 Å². The maximum absolute atomic E-state index is 11.8. The molecule has 2 aromatic rings. The summed E-state index contributed by atoms with van der Waals surface area (Å²) in [6, 6.07) is 6.70. The maximum atomic E-state index is 11.8. The summed E-state index contributed by atoms with van der Waals surface area (Å²) in [7, 11) is 0. The third kappa shape index (κ3) is 3.28. The van der Waals surface area contributed by atoms with Crippen LogP contribution in [0.1, 0.15) is 24.4 Å². The van der Waals surface area contributed by atoms with Crippen LogP contribution in [-0.4, -0.2) is 24.3 Å². The molecule has 0 saturated heterocycles. The number of hydrogen-bond donors (Lipinski definition) is 1. The van der Waals surface area contributed by atoms with Crippen LogP contribution in [0.4, 0.5) is 5.69 Å². The Morgan fingerprint density at radius 3 is 2.60 bits per heavy atom. The van der Waals surface area contributed by atoms with Crippen LogP contribution in [0.5, 0.6) is 11.5 Å². The zero-order valence-electron chi connectivity index (χ0n) is 11.4. The van der Waals surface area contributed by atoms with Gasteiger partial charge in [0.2, 0.25) is 5.76 Å². The average molecular weight is 276 g/mol. The van der Waals surface area contributed by atoms with Gasteiger partial charge in [0, 0.05) is 17.8 Å². The lowest BCUT2D eigenvalue weighted by Crippen LogP contribution is -2.11. The van der Waals surface area contributed by atoms with E-state index in [2.05, 4.69) is 10.5 Å². The smallest absolute Gasteiger partial charge is 0.294 e.